The zero-order chi connectivity index (χ0) is 23.8. The number of imide groups is 1. The summed E-state index contributed by atoms with van der Waals surface area (Å²) in [7, 11) is 0. The molecule has 2 heterocycles. The van der Waals surface area contributed by atoms with Crippen LogP contribution in [0.1, 0.15) is 93.5 Å². The smallest absolute Gasteiger partial charge is 0.326 e. The standard InChI is InChI=1S/C25H35N3O5/c1-2-3-4-5-6-7-8-9-12-20(25(32)33)26-19-13-10-11-17-18(19)16-28(24(17)31)21-14-15-22(29)27-23(21)30/h10-11,13,20-21,26H,2-9,12,14-16H2,1H3,(H,32,33)(H,27,29,30). The monoisotopic (exact) mass is 457 g/mol. The Balaban J connectivity index is 1.58. The highest BCUT2D eigenvalue weighted by atomic mass is 16.4. The Kier molecular flexibility index (Phi) is 8.86. The van der Waals surface area contributed by atoms with Gasteiger partial charge in [0.25, 0.3) is 5.91 Å². The van der Waals surface area contributed by atoms with E-state index in [4.69, 9.17) is 0 Å². The largest absolute Gasteiger partial charge is 0.480 e. The second-order valence-corrected chi connectivity index (χ2v) is 9.03. The first-order valence-corrected chi connectivity index (χ1v) is 12.2. The van der Waals surface area contributed by atoms with Crippen molar-refractivity contribution in [3.05, 3.63) is 29.3 Å². The molecule has 3 amide bonds. The highest BCUT2D eigenvalue weighted by molar-refractivity contribution is 6.06. The number of carboxylic acid groups (broad SMARTS) is 1. The van der Waals surface area contributed by atoms with E-state index in [-0.39, 0.29) is 24.8 Å². The number of carboxylic acids is 1. The van der Waals surface area contributed by atoms with Gasteiger partial charge in [-0.1, -0.05) is 64.4 Å². The van der Waals surface area contributed by atoms with Gasteiger partial charge >= 0.3 is 5.97 Å². The fourth-order valence-electron chi connectivity index (χ4n) is 4.65. The maximum Gasteiger partial charge on any atom is 0.326 e. The normalized spacial score (nSPS) is 18.8. The minimum Gasteiger partial charge on any atom is -0.480 e. The van der Waals surface area contributed by atoms with Crippen molar-refractivity contribution in [3.8, 4) is 0 Å². The van der Waals surface area contributed by atoms with E-state index in [9.17, 15) is 24.3 Å². The van der Waals surface area contributed by atoms with Gasteiger partial charge in [0, 0.05) is 29.8 Å². The maximum absolute atomic E-state index is 13.0. The van der Waals surface area contributed by atoms with Crippen LogP contribution in [0.3, 0.4) is 0 Å². The first-order valence-electron chi connectivity index (χ1n) is 12.2. The van der Waals surface area contributed by atoms with Crippen molar-refractivity contribution < 1.29 is 24.3 Å². The number of hydrogen-bond donors (Lipinski definition) is 3. The number of rotatable bonds is 13. The third-order valence-corrected chi connectivity index (χ3v) is 6.56. The van der Waals surface area contributed by atoms with Crippen molar-refractivity contribution in [1.29, 1.82) is 0 Å². The highest BCUT2D eigenvalue weighted by Crippen LogP contribution is 2.33. The topological polar surface area (TPSA) is 116 Å². The van der Waals surface area contributed by atoms with Crippen LogP contribution in [0, 0.1) is 0 Å². The molecule has 2 aliphatic rings. The van der Waals surface area contributed by atoms with Crippen LogP contribution in [0.2, 0.25) is 0 Å². The molecule has 2 unspecified atom stereocenters. The van der Waals surface area contributed by atoms with Crippen LogP contribution in [-0.2, 0) is 20.9 Å². The number of benzene rings is 1. The Hall–Kier alpha value is -2.90. The van der Waals surface area contributed by atoms with Gasteiger partial charge in [0.15, 0.2) is 0 Å². The van der Waals surface area contributed by atoms with E-state index in [2.05, 4.69) is 17.6 Å². The van der Waals surface area contributed by atoms with Crippen LogP contribution >= 0.6 is 0 Å². The highest BCUT2D eigenvalue weighted by Gasteiger charge is 2.40. The van der Waals surface area contributed by atoms with Gasteiger partial charge < -0.3 is 15.3 Å². The Morgan fingerprint density at radius 2 is 1.82 bits per heavy atom. The average molecular weight is 458 g/mol. The van der Waals surface area contributed by atoms with Crippen LogP contribution < -0.4 is 10.6 Å². The molecule has 3 rings (SSSR count). The fourth-order valence-corrected chi connectivity index (χ4v) is 4.65. The lowest BCUT2D eigenvalue weighted by Crippen LogP contribution is -2.52. The minimum absolute atomic E-state index is 0.196. The molecule has 0 radical (unpaired) electrons. The number of amides is 3. The van der Waals surface area contributed by atoms with E-state index in [0.717, 1.165) is 19.3 Å². The molecule has 0 aromatic heterocycles. The number of anilines is 1. The van der Waals surface area contributed by atoms with E-state index in [1.807, 2.05) is 0 Å². The van der Waals surface area contributed by atoms with Crippen molar-refractivity contribution in [3.63, 3.8) is 0 Å². The maximum atomic E-state index is 13.0. The first kappa shape index (κ1) is 24.7. The molecule has 3 N–H and O–H groups in total. The van der Waals surface area contributed by atoms with Crippen molar-refractivity contribution in [2.75, 3.05) is 5.32 Å². The average Bonchev–Trinajstić information content (AvgIpc) is 3.12. The molecule has 33 heavy (non-hydrogen) atoms. The van der Waals surface area contributed by atoms with Gasteiger partial charge in [0.1, 0.15) is 12.1 Å². The summed E-state index contributed by atoms with van der Waals surface area (Å²) < 4.78 is 0. The zero-order valence-electron chi connectivity index (χ0n) is 19.4. The van der Waals surface area contributed by atoms with Crippen LogP contribution in [-0.4, -0.2) is 45.8 Å². The second kappa shape index (κ2) is 11.8. The third-order valence-electron chi connectivity index (χ3n) is 6.56. The van der Waals surface area contributed by atoms with Crippen LogP contribution in [0.5, 0.6) is 0 Å². The number of fused-ring (bicyclic) bond motifs is 1. The molecular weight excluding hydrogens is 422 g/mol. The molecule has 1 aromatic rings. The van der Waals surface area contributed by atoms with Gasteiger partial charge in [-0.2, -0.15) is 0 Å². The zero-order valence-corrected chi connectivity index (χ0v) is 19.4. The lowest BCUT2D eigenvalue weighted by Gasteiger charge is -2.29. The summed E-state index contributed by atoms with van der Waals surface area (Å²) in [6, 6.07) is 3.77. The van der Waals surface area contributed by atoms with Crippen molar-refractivity contribution >= 4 is 29.4 Å². The minimum atomic E-state index is -0.915. The van der Waals surface area contributed by atoms with Crippen molar-refractivity contribution in [2.45, 2.75) is 96.2 Å². The third kappa shape index (κ3) is 6.33. The SMILES string of the molecule is CCCCCCCCCCC(Nc1cccc2c1CN(C1CCC(=O)NC1=O)C2=O)C(=O)O. The van der Waals surface area contributed by atoms with Gasteiger partial charge in [0.2, 0.25) is 11.8 Å². The molecule has 1 fully saturated rings. The van der Waals surface area contributed by atoms with Crippen molar-refractivity contribution in [1.82, 2.24) is 10.2 Å². The molecule has 8 nitrogen and oxygen atoms in total. The predicted octanol–water partition coefficient (Wildman–Crippen LogP) is 3.84. The van der Waals surface area contributed by atoms with Crippen LogP contribution in [0.25, 0.3) is 0 Å². The van der Waals surface area contributed by atoms with E-state index in [1.54, 1.807) is 18.2 Å². The molecular formula is C25H35N3O5. The Bertz CT molecular complexity index is 885. The molecule has 1 saturated heterocycles. The number of piperidine rings is 1. The lowest BCUT2D eigenvalue weighted by molar-refractivity contribution is -0.138. The predicted molar refractivity (Wildman–Crippen MR) is 125 cm³/mol. The second-order valence-electron chi connectivity index (χ2n) is 9.03. The Morgan fingerprint density at radius 1 is 1.12 bits per heavy atom. The number of carbonyl (C=O) groups is 4. The molecule has 2 atom stereocenters. The summed E-state index contributed by atoms with van der Waals surface area (Å²) in [5.41, 5.74) is 1.79. The quantitative estimate of drug-likeness (QED) is 0.306. The molecule has 0 aliphatic carbocycles. The number of carbonyl (C=O) groups excluding carboxylic acids is 3. The van der Waals surface area contributed by atoms with E-state index >= 15 is 0 Å². The first-order chi connectivity index (χ1) is 15.9. The Morgan fingerprint density at radius 3 is 2.48 bits per heavy atom. The molecule has 0 spiro atoms. The summed E-state index contributed by atoms with van der Waals surface area (Å²) in [6.07, 6.45) is 10.2. The van der Waals surface area contributed by atoms with Gasteiger partial charge in [0.05, 0.1) is 0 Å². The number of hydrogen-bond acceptors (Lipinski definition) is 5. The molecule has 0 saturated carbocycles. The van der Waals surface area contributed by atoms with Crippen molar-refractivity contribution in [2.24, 2.45) is 0 Å². The molecule has 0 bridgehead atoms. The Labute approximate surface area is 195 Å². The van der Waals surface area contributed by atoms with Gasteiger partial charge in [-0.25, -0.2) is 4.79 Å². The van der Waals surface area contributed by atoms with E-state index in [1.165, 1.54) is 37.0 Å². The lowest BCUT2D eigenvalue weighted by atomic mass is 10.0. The van der Waals surface area contributed by atoms with E-state index in [0.29, 0.717) is 29.7 Å². The number of aliphatic carboxylic acids is 1. The summed E-state index contributed by atoms with van der Waals surface area (Å²) in [5.74, 6) is -1.96. The van der Waals surface area contributed by atoms with Crippen LogP contribution in [0.4, 0.5) is 5.69 Å². The molecule has 180 valence electrons. The number of nitrogens with zero attached hydrogens (tertiary/aromatic N) is 1. The summed E-state index contributed by atoms with van der Waals surface area (Å²) >= 11 is 0. The molecule has 8 heteroatoms. The number of unbranched alkanes of at least 4 members (excludes halogenated alkanes) is 7. The molecule has 2 aliphatic heterocycles. The van der Waals surface area contributed by atoms with Gasteiger partial charge in [-0.3, -0.25) is 19.7 Å². The number of nitrogens with one attached hydrogen (secondary N) is 2. The summed E-state index contributed by atoms with van der Waals surface area (Å²) in [6.45, 7) is 2.41. The van der Waals surface area contributed by atoms with E-state index < -0.39 is 24.0 Å². The van der Waals surface area contributed by atoms with Gasteiger partial charge in [-0.15, -0.1) is 0 Å². The molecule has 1 aromatic carbocycles. The summed E-state index contributed by atoms with van der Waals surface area (Å²) in [5, 5.41) is 15.2. The summed E-state index contributed by atoms with van der Waals surface area (Å²) in [4.78, 5) is 50.0. The fraction of sp³-hybridized carbons (Fsp3) is 0.600. The van der Waals surface area contributed by atoms with Gasteiger partial charge in [-0.05, 0) is 25.0 Å². The van der Waals surface area contributed by atoms with Crippen LogP contribution in [0.15, 0.2) is 18.2 Å².